The number of hydrogen-bond acceptors (Lipinski definition) is 4. The molecule has 0 fully saturated rings. The van der Waals surface area contributed by atoms with Crippen molar-refractivity contribution in [1.29, 1.82) is 0 Å². The topological polar surface area (TPSA) is 81.3 Å². The Labute approximate surface area is 171 Å². The number of nitrogens with zero attached hydrogens (tertiary/aromatic N) is 2. The van der Waals surface area contributed by atoms with Crippen LogP contribution >= 0.6 is 0 Å². The molecule has 0 bridgehead atoms. The van der Waals surface area contributed by atoms with Gasteiger partial charge in [0.1, 0.15) is 5.56 Å². The number of aryl methyl sites for hydroxylation is 1. The molecule has 0 aliphatic heterocycles. The maximum absolute atomic E-state index is 12.4. The second-order valence-corrected chi connectivity index (χ2v) is 7.36. The molecule has 0 radical (unpaired) electrons. The van der Waals surface area contributed by atoms with Crippen LogP contribution in [0.15, 0.2) is 39.9 Å². The van der Waals surface area contributed by atoms with Gasteiger partial charge < -0.3 is 5.11 Å². The molecule has 1 N–H and O–H groups in total. The van der Waals surface area contributed by atoms with Gasteiger partial charge in [-0.05, 0) is 30.0 Å². The van der Waals surface area contributed by atoms with E-state index in [-0.39, 0.29) is 0 Å². The number of aromatic nitrogens is 2. The van der Waals surface area contributed by atoms with E-state index in [9.17, 15) is 19.5 Å². The highest BCUT2D eigenvalue weighted by Gasteiger charge is 2.19. The van der Waals surface area contributed by atoms with Gasteiger partial charge in [-0.1, -0.05) is 69.4 Å². The van der Waals surface area contributed by atoms with Gasteiger partial charge >= 0.3 is 5.69 Å². The van der Waals surface area contributed by atoms with Crippen LogP contribution < -0.4 is 11.2 Å². The van der Waals surface area contributed by atoms with E-state index in [0.29, 0.717) is 0 Å². The van der Waals surface area contributed by atoms with Crippen LogP contribution in [0.2, 0.25) is 0 Å². The van der Waals surface area contributed by atoms with E-state index < -0.39 is 28.5 Å². The molecular weight excluding hydrogens is 368 g/mol. The molecule has 6 nitrogen and oxygen atoms in total. The Morgan fingerprint density at radius 2 is 1.59 bits per heavy atom. The molecule has 0 spiro atoms. The maximum Gasteiger partial charge on any atom is 0.333 e. The normalized spacial score (nSPS) is 11.3. The van der Waals surface area contributed by atoms with Crippen LogP contribution in [0, 0.1) is 0 Å². The number of carbonyl (C=O) groups is 1. The lowest BCUT2D eigenvalue weighted by molar-refractivity contribution is 0.104. The van der Waals surface area contributed by atoms with E-state index in [1.165, 1.54) is 64.3 Å². The SMILES string of the molecule is CCCCCCCCc1ccc(C=CC(=O)c2c(O)n(C)c(=O)n(C)c2=O)cc1. The van der Waals surface area contributed by atoms with Crippen molar-refractivity contribution in [3.8, 4) is 5.88 Å². The highest BCUT2D eigenvalue weighted by molar-refractivity contribution is 6.08. The molecule has 0 amide bonds. The van der Waals surface area contributed by atoms with Crippen molar-refractivity contribution in [1.82, 2.24) is 9.13 Å². The molecule has 156 valence electrons. The Bertz CT molecular complexity index is 982. The summed E-state index contributed by atoms with van der Waals surface area (Å²) in [5.74, 6) is -1.27. The highest BCUT2D eigenvalue weighted by Crippen LogP contribution is 2.14. The van der Waals surface area contributed by atoms with Crippen molar-refractivity contribution in [2.75, 3.05) is 0 Å². The van der Waals surface area contributed by atoms with E-state index >= 15 is 0 Å². The van der Waals surface area contributed by atoms with Gasteiger partial charge in [-0.2, -0.15) is 0 Å². The first-order chi connectivity index (χ1) is 13.9. The quantitative estimate of drug-likeness (QED) is 0.377. The molecule has 0 atom stereocenters. The molecule has 0 unspecified atom stereocenters. The Morgan fingerprint density at radius 1 is 0.966 bits per heavy atom. The van der Waals surface area contributed by atoms with Gasteiger partial charge in [0.2, 0.25) is 5.88 Å². The number of allylic oxidation sites excluding steroid dienone is 1. The van der Waals surface area contributed by atoms with Crippen LogP contribution in [0.25, 0.3) is 6.08 Å². The zero-order valence-corrected chi connectivity index (χ0v) is 17.5. The average Bonchev–Trinajstić information content (AvgIpc) is 2.72. The zero-order valence-electron chi connectivity index (χ0n) is 17.5. The largest absolute Gasteiger partial charge is 0.494 e. The average molecular weight is 399 g/mol. The lowest BCUT2D eigenvalue weighted by Gasteiger charge is -2.08. The summed E-state index contributed by atoms with van der Waals surface area (Å²) in [6.45, 7) is 2.22. The number of carbonyl (C=O) groups excluding carboxylic acids is 1. The van der Waals surface area contributed by atoms with Gasteiger partial charge in [-0.25, -0.2) is 4.79 Å². The minimum Gasteiger partial charge on any atom is -0.494 e. The highest BCUT2D eigenvalue weighted by atomic mass is 16.3. The summed E-state index contributed by atoms with van der Waals surface area (Å²) in [7, 11) is 2.58. The smallest absolute Gasteiger partial charge is 0.333 e. The number of hydrogen-bond donors (Lipinski definition) is 1. The van der Waals surface area contributed by atoms with Gasteiger partial charge in [0, 0.05) is 14.1 Å². The van der Waals surface area contributed by atoms with Crippen molar-refractivity contribution < 1.29 is 9.90 Å². The lowest BCUT2D eigenvalue weighted by Crippen LogP contribution is -2.39. The second kappa shape index (κ2) is 10.6. The summed E-state index contributed by atoms with van der Waals surface area (Å²) >= 11 is 0. The Kier molecular flexibility index (Phi) is 8.19. The van der Waals surface area contributed by atoms with Crippen molar-refractivity contribution in [2.24, 2.45) is 14.1 Å². The zero-order chi connectivity index (χ0) is 21.4. The molecule has 2 rings (SSSR count). The van der Waals surface area contributed by atoms with Gasteiger partial charge in [0.15, 0.2) is 5.78 Å². The summed E-state index contributed by atoms with van der Waals surface area (Å²) in [6, 6.07) is 7.93. The van der Waals surface area contributed by atoms with Gasteiger partial charge in [-0.15, -0.1) is 0 Å². The maximum atomic E-state index is 12.4. The number of unbranched alkanes of at least 4 members (excludes halogenated alkanes) is 5. The van der Waals surface area contributed by atoms with E-state index in [0.717, 1.165) is 21.1 Å². The van der Waals surface area contributed by atoms with E-state index in [4.69, 9.17) is 0 Å². The summed E-state index contributed by atoms with van der Waals surface area (Å²) in [5, 5.41) is 10.0. The molecule has 0 aliphatic carbocycles. The number of ketones is 1. The fourth-order valence-electron chi connectivity index (χ4n) is 3.21. The van der Waals surface area contributed by atoms with Crippen LogP contribution in [-0.2, 0) is 20.5 Å². The van der Waals surface area contributed by atoms with Gasteiger partial charge in [-0.3, -0.25) is 18.7 Å². The molecule has 0 aliphatic rings. The third kappa shape index (κ3) is 5.79. The lowest BCUT2D eigenvalue weighted by atomic mass is 10.0. The third-order valence-electron chi connectivity index (χ3n) is 5.11. The van der Waals surface area contributed by atoms with Crippen LogP contribution in [0.1, 0.15) is 66.9 Å². The fourth-order valence-corrected chi connectivity index (χ4v) is 3.21. The number of rotatable bonds is 10. The first-order valence-electron chi connectivity index (χ1n) is 10.2. The molecule has 1 aromatic heterocycles. The van der Waals surface area contributed by atoms with Crippen molar-refractivity contribution >= 4 is 11.9 Å². The van der Waals surface area contributed by atoms with Crippen LogP contribution in [-0.4, -0.2) is 20.0 Å². The van der Waals surface area contributed by atoms with Crippen LogP contribution in [0.3, 0.4) is 0 Å². The third-order valence-corrected chi connectivity index (χ3v) is 5.11. The minimum absolute atomic E-state index is 0.412. The first kappa shape index (κ1) is 22.4. The minimum atomic E-state index is -0.811. The summed E-state index contributed by atoms with van der Waals surface area (Å²) in [6.07, 6.45) is 11.5. The summed E-state index contributed by atoms with van der Waals surface area (Å²) in [5.41, 5.74) is 0.175. The van der Waals surface area contributed by atoms with Gasteiger partial charge in [0.05, 0.1) is 0 Å². The predicted octanol–water partition coefficient (Wildman–Crippen LogP) is 3.59. The Morgan fingerprint density at radius 3 is 2.24 bits per heavy atom. The van der Waals surface area contributed by atoms with E-state index in [1.807, 2.05) is 24.3 Å². The van der Waals surface area contributed by atoms with Crippen molar-refractivity contribution in [3.63, 3.8) is 0 Å². The predicted molar refractivity (Wildman–Crippen MR) is 115 cm³/mol. The van der Waals surface area contributed by atoms with E-state index in [2.05, 4.69) is 6.92 Å². The molecule has 0 saturated heterocycles. The van der Waals surface area contributed by atoms with Crippen LogP contribution in [0.4, 0.5) is 0 Å². The monoisotopic (exact) mass is 398 g/mol. The fraction of sp³-hybridized carbons (Fsp3) is 0.435. The molecule has 1 aromatic carbocycles. The number of benzene rings is 1. The number of aromatic hydroxyl groups is 1. The Hall–Kier alpha value is -2.89. The molecular formula is C23H30N2O4. The standard InChI is InChI=1S/C23H30N2O4/c1-4-5-6-7-8-9-10-17-11-13-18(14-12-17)15-16-19(26)20-21(27)24(2)23(29)25(3)22(20)28/h11-16,27H,4-10H2,1-3H3. The second-order valence-electron chi connectivity index (χ2n) is 7.36. The van der Waals surface area contributed by atoms with Crippen molar-refractivity contribution in [3.05, 3.63) is 67.9 Å². The first-order valence-corrected chi connectivity index (χ1v) is 10.2. The molecule has 29 heavy (non-hydrogen) atoms. The molecule has 0 saturated carbocycles. The molecule has 1 heterocycles. The van der Waals surface area contributed by atoms with Gasteiger partial charge in [0.25, 0.3) is 5.56 Å². The summed E-state index contributed by atoms with van der Waals surface area (Å²) in [4.78, 5) is 36.4. The van der Waals surface area contributed by atoms with Crippen LogP contribution in [0.5, 0.6) is 5.88 Å². The summed E-state index contributed by atoms with van der Waals surface area (Å²) < 4.78 is 1.68. The molecule has 2 aromatic rings. The van der Waals surface area contributed by atoms with Crippen molar-refractivity contribution in [2.45, 2.75) is 51.9 Å². The molecule has 6 heteroatoms. The Balaban J connectivity index is 2.01. The van der Waals surface area contributed by atoms with E-state index in [1.54, 1.807) is 6.08 Å².